The zero-order valence-corrected chi connectivity index (χ0v) is 21.2. The number of likely N-dealkylation sites (N-methyl/N-ethyl adjacent to an activating group) is 1. The van der Waals surface area contributed by atoms with E-state index < -0.39 is 0 Å². The number of benzene rings is 3. The molecule has 3 unspecified atom stereocenters. The molecule has 0 N–H and O–H groups in total. The molecule has 6 rings (SSSR count). The number of fused-ring (bicyclic) bond motifs is 4. The van der Waals surface area contributed by atoms with Crippen molar-refractivity contribution in [3.8, 4) is 11.1 Å². The van der Waals surface area contributed by atoms with Crippen LogP contribution in [0.25, 0.3) is 23.0 Å². The molecule has 0 radical (unpaired) electrons. The predicted molar refractivity (Wildman–Crippen MR) is 144 cm³/mol. The molecular formula is C32H33NO2. The molecule has 0 saturated carbocycles. The Hall–Kier alpha value is -3.46. The number of rotatable bonds is 2. The first-order valence-electron chi connectivity index (χ1n) is 12.7. The lowest BCUT2D eigenvalue weighted by atomic mass is 9.80. The molecule has 2 aliphatic heterocycles. The maximum Gasteiger partial charge on any atom is 0.161 e. The fourth-order valence-electron chi connectivity index (χ4n) is 6.08. The SMILES string of the molecule is CC1CC(C)OC(c2cc3c(cc2C2C=Cc4ccccc4N2C)C(C)(C)c2ccccc2-3)=CO1. The lowest BCUT2D eigenvalue weighted by Crippen LogP contribution is -2.27. The molecule has 1 aliphatic carbocycles. The molecular weight excluding hydrogens is 430 g/mol. The van der Waals surface area contributed by atoms with Gasteiger partial charge < -0.3 is 14.4 Å². The standard InChI is InChI=1S/C32H33NO2/c1-20-16-21(2)35-31(19-34-20)26-17-24-23-11-7-8-12-27(23)32(3,4)28(24)18-25(26)30-15-14-22-10-6-9-13-29(22)33(30)5/h6-15,17-21,30H,16H2,1-5H3. The smallest absolute Gasteiger partial charge is 0.161 e. The maximum atomic E-state index is 6.50. The normalized spacial score (nSPS) is 23.9. The Balaban J connectivity index is 1.57. The molecule has 0 bridgehead atoms. The molecule has 178 valence electrons. The first kappa shape index (κ1) is 22.0. The number of hydrogen-bond acceptors (Lipinski definition) is 3. The van der Waals surface area contributed by atoms with Gasteiger partial charge >= 0.3 is 0 Å². The van der Waals surface area contributed by atoms with Crippen molar-refractivity contribution in [2.75, 3.05) is 11.9 Å². The summed E-state index contributed by atoms with van der Waals surface area (Å²) in [5, 5.41) is 0. The zero-order chi connectivity index (χ0) is 24.3. The van der Waals surface area contributed by atoms with Crippen LogP contribution in [0, 0.1) is 0 Å². The molecule has 35 heavy (non-hydrogen) atoms. The Morgan fingerprint density at radius 2 is 1.63 bits per heavy atom. The molecule has 0 aromatic heterocycles. The maximum absolute atomic E-state index is 6.50. The van der Waals surface area contributed by atoms with Crippen LogP contribution >= 0.6 is 0 Å². The number of anilines is 1. The first-order chi connectivity index (χ1) is 16.8. The molecule has 0 spiro atoms. The largest absolute Gasteiger partial charge is 0.494 e. The average Bonchev–Trinajstić information content (AvgIpc) is 2.95. The van der Waals surface area contributed by atoms with Crippen LogP contribution in [-0.2, 0) is 14.9 Å². The van der Waals surface area contributed by atoms with E-state index in [-0.39, 0.29) is 23.7 Å². The van der Waals surface area contributed by atoms with Gasteiger partial charge in [0.15, 0.2) is 5.76 Å². The van der Waals surface area contributed by atoms with Crippen molar-refractivity contribution in [2.24, 2.45) is 0 Å². The molecule has 3 aromatic carbocycles. The van der Waals surface area contributed by atoms with Crippen LogP contribution in [0.4, 0.5) is 5.69 Å². The number of hydrogen-bond donors (Lipinski definition) is 0. The Labute approximate surface area is 208 Å². The van der Waals surface area contributed by atoms with Gasteiger partial charge in [0.2, 0.25) is 0 Å². The summed E-state index contributed by atoms with van der Waals surface area (Å²) < 4.78 is 12.6. The van der Waals surface area contributed by atoms with E-state index in [0.717, 1.165) is 17.7 Å². The lowest BCUT2D eigenvalue weighted by Gasteiger charge is -2.35. The highest BCUT2D eigenvalue weighted by molar-refractivity contribution is 5.85. The van der Waals surface area contributed by atoms with E-state index in [1.165, 1.54) is 39.1 Å². The summed E-state index contributed by atoms with van der Waals surface area (Å²) in [6.45, 7) is 8.92. The van der Waals surface area contributed by atoms with Crippen LogP contribution in [0.15, 0.2) is 73.0 Å². The summed E-state index contributed by atoms with van der Waals surface area (Å²) in [4.78, 5) is 2.37. The number of nitrogens with zero attached hydrogens (tertiary/aromatic N) is 1. The van der Waals surface area contributed by atoms with E-state index in [0.29, 0.717) is 0 Å². The van der Waals surface area contributed by atoms with E-state index in [9.17, 15) is 0 Å². The monoisotopic (exact) mass is 463 g/mol. The second-order valence-corrected chi connectivity index (χ2v) is 10.7. The second-order valence-electron chi connectivity index (χ2n) is 10.7. The minimum Gasteiger partial charge on any atom is -0.494 e. The fraction of sp³-hybridized carbons (Fsp3) is 0.312. The van der Waals surface area contributed by atoms with Crippen LogP contribution in [0.2, 0.25) is 0 Å². The third kappa shape index (κ3) is 3.48. The van der Waals surface area contributed by atoms with Crippen molar-refractivity contribution in [1.29, 1.82) is 0 Å². The summed E-state index contributed by atoms with van der Waals surface area (Å²) >= 11 is 0. The van der Waals surface area contributed by atoms with Crippen molar-refractivity contribution in [3.63, 3.8) is 0 Å². The van der Waals surface area contributed by atoms with Crippen molar-refractivity contribution in [1.82, 2.24) is 0 Å². The summed E-state index contributed by atoms with van der Waals surface area (Å²) in [6, 6.07) is 22.3. The molecule has 3 aromatic rings. The van der Waals surface area contributed by atoms with E-state index >= 15 is 0 Å². The topological polar surface area (TPSA) is 21.7 Å². The number of ether oxygens (including phenoxy) is 2. The molecule has 0 fully saturated rings. The lowest BCUT2D eigenvalue weighted by molar-refractivity contribution is 0.117. The molecule has 3 aliphatic rings. The third-order valence-corrected chi connectivity index (χ3v) is 7.93. The van der Waals surface area contributed by atoms with Gasteiger partial charge in [-0.15, -0.1) is 0 Å². The molecule has 0 amide bonds. The van der Waals surface area contributed by atoms with Gasteiger partial charge in [0.25, 0.3) is 0 Å². The van der Waals surface area contributed by atoms with Gasteiger partial charge in [-0.05, 0) is 59.4 Å². The molecule has 3 nitrogen and oxygen atoms in total. The van der Waals surface area contributed by atoms with Gasteiger partial charge in [-0.25, -0.2) is 0 Å². The van der Waals surface area contributed by atoms with Gasteiger partial charge in [0, 0.05) is 30.1 Å². The number of para-hydroxylation sites is 1. The van der Waals surface area contributed by atoms with Gasteiger partial charge in [0.1, 0.15) is 6.26 Å². The van der Waals surface area contributed by atoms with Gasteiger partial charge in [-0.1, -0.05) is 74.5 Å². The summed E-state index contributed by atoms with van der Waals surface area (Å²) in [5.74, 6) is 0.822. The molecule has 0 saturated heterocycles. The van der Waals surface area contributed by atoms with Crippen LogP contribution in [0.5, 0.6) is 0 Å². The predicted octanol–water partition coefficient (Wildman–Crippen LogP) is 7.71. The Morgan fingerprint density at radius 1 is 0.857 bits per heavy atom. The average molecular weight is 464 g/mol. The van der Waals surface area contributed by atoms with Crippen molar-refractivity contribution < 1.29 is 9.47 Å². The molecule has 3 atom stereocenters. The Morgan fingerprint density at radius 3 is 2.49 bits per heavy atom. The van der Waals surface area contributed by atoms with Gasteiger partial charge in [-0.3, -0.25) is 0 Å². The first-order valence-corrected chi connectivity index (χ1v) is 12.7. The summed E-state index contributed by atoms with van der Waals surface area (Å²) in [7, 11) is 2.19. The van der Waals surface area contributed by atoms with Crippen LogP contribution in [0.1, 0.15) is 68.0 Å². The highest BCUT2D eigenvalue weighted by Gasteiger charge is 2.38. The van der Waals surface area contributed by atoms with E-state index in [4.69, 9.17) is 9.47 Å². The summed E-state index contributed by atoms with van der Waals surface area (Å²) in [6.07, 6.45) is 7.49. The van der Waals surface area contributed by atoms with Crippen molar-refractivity contribution >= 4 is 17.5 Å². The quantitative estimate of drug-likeness (QED) is 0.388. The van der Waals surface area contributed by atoms with Gasteiger partial charge in [0.05, 0.1) is 18.2 Å². The van der Waals surface area contributed by atoms with Crippen LogP contribution in [-0.4, -0.2) is 19.3 Å². The zero-order valence-electron chi connectivity index (χ0n) is 21.2. The summed E-state index contributed by atoms with van der Waals surface area (Å²) in [5.41, 5.74) is 10.1. The Kier molecular flexibility index (Phi) is 5.07. The Bertz CT molecular complexity index is 1370. The van der Waals surface area contributed by atoms with E-state index in [2.05, 4.69) is 112 Å². The highest BCUT2D eigenvalue weighted by atomic mass is 16.5. The van der Waals surface area contributed by atoms with Crippen molar-refractivity contribution in [3.05, 3.63) is 101 Å². The van der Waals surface area contributed by atoms with Crippen LogP contribution < -0.4 is 4.90 Å². The molecule has 2 heterocycles. The van der Waals surface area contributed by atoms with Crippen LogP contribution in [0.3, 0.4) is 0 Å². The van der Waals surface area contributed by atoms with Crippen molar-refractivity contribution in [2.45, 2.75) is 57.8 Å². The minimum atomic E-state index is -0.0644. The molecule has 3 heteroatoms. The van der Waals surface area contributed by atoms with E-state index in [1.807, 2.05) is 6.26 Å². The second kappa shape index (κ2) is 8.05. The minimum absolute atomic E-state index is 0.0644. The fourth-order valence-corrected chi connectivity index (χ4v) is 6.08. The van der Waals surface area contributed by atoms with E-state index in [1.54, 1.807) is 0 Å². The van der Waals surface area contributed by atoms with Gasteiger partial charge in [-0.2, -0.15) is 0 Å². The third-order valence-electron chi connectivity index (χ3n) is 7.93. The highest BCUT2D eigenvalue weighted by Crippen LogP contribution is 2.51.